The van der Waals surface area contributed by atoms with E-state index < -0.39 is 0 Å². The standard InChI is InChI=1S/C21H35N5/c22-17(25-20-7-13-1-14(8-20)4-18(23,3-13)11-20)26-21-9-15-2-16(10-21)6-19(24,5-15)12-21/h13-16H,1-12,23-24H2,(H3,22,25,26). The van der Waals surface area contributed by atoms with E-state index in [9.17, 15) is 0 Å². The molecule has 0 saturated heterocycles. The summed E-state index contributed by atoms with van der Waals surface area (Å²) in [6.07, 6.45) is 14.6. The van der Waals surface area contributed by atoms with E-state index in [1.54, 1.807) is 0 Å². The van der Waals surface area contributed by atoms with Gasteiger partial charge in [-0.05, 0) is 101 Å². The van der Waals surface area contributed by atoms with E-state index >= 15 is 0 Å². The fourth-order valence-electron chi connectivity index (χ4n) is 9.45. The topological polar surface area (TPSA) is 102 Å². The minimum absolute atomic E-state index is 0.0125. The number of rotatable bonds is 2. The molecule has 0 aromatic rings. The van der Waals surface area contributed by atoms with Crippen LogP contribution in [0, 0.1) is 23.7 Å². The normalized spacial score (nSPS) is 59.8. The molecule has 8 saturated carbocycles. The number of aliphatic imine (C=N–C) groups is 1. The molecule has 8 bridgehead atoms. The van der Waals surface area contributed by atoms with Crippen LogP contribution in [0.2, 0.25) is 0 Å². The van der Waals surface area contributed by atoms with Crippen molar-refractivity contribution in [3.05, 3.63) is 0 Å². The summed E-state index contributed by atoms with van der Waals surface area (Å²) in [4.78, 5) is 5.17. The third-order valence-corrected chi connectivity index (χ3v) is 8.93. The molecule has 0 aromatic heterocycles. The molecule has 0 amide bonds. The molecule has 0 spiro atoms. The first-order valence-corrected chi connectivity index (χ1v) is 11.0. The van der Waals surface area contributed by atoms with Gasteiger partial charge in [-0.3, -0.25) is 0 Å². The SMILES string of the molecule is NC(=NC12CC3CC(CC(N)(C3)C1)C2)NC12CC3CC(CC(N)(C3)C1)C2. The summed E-state index contributed by atoms with van der Waals surface area (Å²) in [5.41, 5.74) is 20.2. The summed E-state index contributed by atoms with van der Waals surface area (Å²) < 4.78 is 0. The fraction of sp³-hybridized carbons (Fsp3) is 0.952. The molecule has 8 rings (SSSR count). The molecule has 0 radical (unpaired) electrons. The molecule has 8 aliphatic carbocycles. The lowest BCUT2D eigenvalue weighted by Crippen LogP contribution is -2.69. The molecule has 7 N–H and O–H groups in total. The summed E-state index contributed by atoms with van der Waals surface area (Å²) in [5, 5.41) is 3.74. The molecular weight excluding hydrogens is 322 g/mol. The summed E-state index contributed by atoms with van der Waals surface area (Å²) in [5.74, 6) is 3.79. The lowest BCUT2D eigenvalue weighted by molar-refractivity contribution is -0.0284. The highest BCUT2D eigenvalue weighted by Crippen LogP contribution is 2.59. The Morgan fingerprint density at radius 3 is 1.73 bits per heavy atom. The van der Waals surface area contributed by atoms with E-state index in [1.807, 2.05) is 0 Å². The maximum absolute atomic E-state index is 6.75. The van der Waals surface area contributed by atoms with Crippen molar-refractivity contribution in [2.75, 3.05) is 0 Å². The summed E-state index contributed by atoms with van der Waals surface area (Å²) in [6.45, 7) is 0. The van der Waals surface area contributed by atoms with Gasteiger partial charge in [0.25, 0.3) is 0 Å². The molecular formula is C21H35N5. The third-order valence-electron chi connectivity index (χ3n) is 8.93. The Balaban J connectivity index is 1.26. The Hall–Kier alpha value is -0.810. The van der Waals surface area contributed by atoms with Crippen molar-refractivity contribution >= 4 is 5.96 Å². The van der Waals surface area contributed by atoms with Crippen molar-refractivity contribution in [2.45, 2.75) is 99.2 Å². The van der Waals surface area contributed by atoms with Crippen LogP contribution in [0.3, 0.4) is 0 Å². The van der Waals surface area contributed by atoms with Gasteiger partial charge in [-0.2, -0.15) is 0 Å². The predicted molar refractivity (Wildman–Crippen MR) is 103 cm³/mol. The van der Waals surface area contributed by atoms with Crippen LogP contribution in [0.1, 0.15) is 77.0 Å². The van der Waals surface area contributed by atoms with Gasteiger partial charge >= 0.3 is 0 Å². The van der Waals surface area contributed by atoms with Crippen LogP contribution in [-0.4, -0.2) is 28.1 Å². The first-order chi connectivity index (χ1) is 12.2. The van der Waals surface area contributed by atoms with Crippen LogP contribution in [0.15, 0.2) is 4.99 Å². The Kier molecular flexibility index (Phi) is 2.97. The molecule has 4 unspecified atom stereocenters. The highest BCUT2D eigenvalue weighted by atomic mass is 15.2. The average molecular weight is 358 g/mol. The average Bonchev–Trinajstić information content (AvgIpc) is 2.39. The predicted octanol–water partition coefficient (Wildman–Crippen LogP) is 1.99. The Morgan fingerprint density at radius 2 is 1.23 bits per heavy atom. The molecule has 8 aliphatic rings. The van der Waals surface area contributed by atoms with Gasteiger partial charge in [0.1, 0.15) is 0 Å². The van der Waals surface area contributed by atoms with Gasteiger partial charge in [0, 0.05) is 16.6 Å². The van der Waals surface area contributed by atoms with Crippen LogP contribution in [0.4, 0.5) is 0 Å². The second kappa shape index (κ2) is 4.78. The third kappa shape index (κ3) is 2.39. The first-order valence-electron chi connectivity index (χ1n) is 11.0. The van der Waals surface area contributed by atoms with Crippen LogP contribution in [-0.2, 0) is 0 Å². The maximum Gasteiger partial charge on any atom is 0.189 e. The highest BCUT2D eigenvalue weighted by Gasteiger charge is 2.58. The molecule has 144 valence electrons. The van der Waals surface area contributed by atoms with Crippen molar-refractivity contribution in [2.24, 2.45) is 45.9 Å². The van der Waals surface area contributed by atoms with Crippen molar-refractivity contribution in [3.63, 3.8) is 0 Å². The Labute approximate surface area is 156 Å². The zero-order valence-electron chi connectivity index (χ0n) is 16.0. The van der Waals surface area contributed by atoms with Gasteiger partial charge in [-0.1, -0.05) is 0 Å². The molecule has 8 fully saturated rings. The molecule has 0 heterocycles. The van der Waals surface area contributed by atoms with E-state index in [4.69, 9.17) is 22.2 Å². The number of guanidine groups is 1. The van der Waals surface area contributed by atoms with E-state index in [0.29, 0.717) is 5.96 Å². The summed E-state index contributed by atoms with van der Waals surface area (Å²) in [6, 6.07) is 0. The zero-order valence-corrected chi connectivity index (χ0v) is 16.0. The lowest BCUT2D eigenvalue weighted by atomic mass is 9.50. The van der Waals surface area contributed by atoms with Crippen molar-refractivity contribution in [3.8, 4) is 0 Å². The van der Waals surface area contributed by atoms with Crippen molar-refractivity contribution < 1.29 is 0 Å². The molecule has 4 atom stereocenters. The smallest absolute Gasteiger partial charge is 0.189 e. The Bertz CT molecular complexity index is 641. The van der Waals surface area contributed by atoms with Gasteiger partial charge in [-0.25, -0.2) is 4.99 Å². The molecule has 5 nitrogen and oxygen atoms in total. The summed E-state index contributed by atoms with van der Waals surface area (Å²) in [7, 11) is 0. The largest absolute Gasteiger partial charge is 0.370 e. The maximum atomic E-state index is 6.75. The lowest BCUT2D eigenvalue weighted by Gasteiger charge is -2.61. The van der Waals surface area contributed by atoms with Crippen LogP contribution in [0.25, 0.3) is 0 Å². The van der Waals surface area contributed by atoms with Gasteiger partial charge in [0.15, 0.2) is 5.96 Å². The number of nitrogens with two attached hydrogens (primary N) is 3. The van der Waals surface area contributed by atoms with Crippen LogP contribution < -0.4 is 22.5 Å². The fourth-order valence-corrected chi connectivity index (χ4v) is 9.45. The molecule has 26 heavy (non-hydrogen) atoms. The van der Waals surface area contributed by atoms with E-state index in [1.165, 1.54) is 64.2 Å². The first kappa shape index (κ1) is 16.2. The number of nitrogens with one attached hydrogen (secondary N) is 1. The number of hydrogen-bond acceptors (Lipinski definition) is 3. The van der Waals surface area contributed by atoms with Gasteiger partial charge in [0.2, 0.25) is 0 Å². The highest BCUT2D eigenvalue weighted by molar-refractivity contribution is 5.79. The van der Waals surface area contributed by atoms with Crippen molar-refractivity contribution in [1.29, 1.82) is 0 Å². The number of nitrogens with zero attached hydrogens (tertiary/aromatic N) is 1. The summed E-state index contributed by atoms with van der Waals surface area (Å²) >= 11 is 0. The van der Waals surface area contributed by atoms with Gasteiger partial charge in [0.05, 0.1) is 5.54 Å². The molecule has 0 aliphatic heterocycles. The van der Waals surface area contributed by atoms with Gasteiger partial charge in [-0.15, -0.1) is 0 Å². The van der Waals surface area contributed by atoms with Crippen molar-refractivity contribution in [1.82, 2.24) is 5.32 Å². The van der Waals surface area contributed by atoms with E-state index in [-0.39, 0.29) is 22.2 Å². The van der Waals surface area contributed by atoms with Gasteiger partial charge < -0.3 is 22.5 Å². The number of hydrogen-bond donors (Lipinski definition) is 4. The quantitative estimate of drug-likeness (QED) is 0.448. The molecule has 0 aromatic carbocycles. The van der Waals surface area contributed by atoms with E-state index in [2.05, 4.69) is 5.32 Å². The second-order valence-electron chi connectivity index (χ2n) is 11.8. The minimum atomic E-state index is 0.0125. The van der Waals surface area contributed by atoms with Crippen LogP contribution in [0.5, 0.6) is 0 Å². The van der Waals surface area contributed by atoms with E-state index in [0.717, 1.165) is 36.5 Å². The second-order valence-corrected chi connectivity index (χ2v) is 11.8. The van der Waals surface area contributed by atoms with Crippen LogP contribution >= 0.6 is 0 Å². The monoisotopic (exact) mass is 357 g/mol. The molecule has 5 heteroatoms. The minimum Gasteiger partial charge on any atom is -0.370 e. The zero-order chi connectivity index (χ0) is 17.8. The Morgan fingerprint density at radius 1 is 0.731 bits per heavy atom.